The molecule has 1 saturated carbocycles. The molecule has 0 aromatic heterocycles. The zero-order valence-electron chi connectivity index (χ0n) is 8.17. The number of nitrogens with one attached hydrogen (secondary N) is 1. The first-order valence-electron chi connectivity index (χ1n) is 4.71. The van der Waals surface area contributed by atoms with Gasteiger partial charge in [-0.15, -0.1) is 0 Å². The molecule has 72 valence electrons. The summed E-state index contributed by atoms with van der Waals surface area (Å²) in [7, 11) is -2.31. The minimum atomic E-state index is -2.31. The maximum absolute atomic E-state index is 11.9. The normalized spacial score (nSPS) is 35.3. The molecule has 0 heterocycles. The van der Waals surface area contributed by atoms with Gasteiger partial charge in [-0.2, -0.15) is 0 Å². The maximum atomic E-state index is 11.9. The quantitative estimate of drug-likeness (QED) is 0.712. The zero-order chi connectivity index (χ0) is 9.35. The van der Waals surface area contributed by atoms with Crippen LogP contribution in [0.1, 0.15) is 40.0 Å². The summed E-state index contributed by atoms with van der Waals surface area (Å²) in [5, 5.41) is 0.195. The fourth-order valence-electron chi connectivity index (χ4n) is 1.86. The fourth-order valence-corrected chi connectivity index (χ4v) is 3.73. The van der Waals surface area contributed by atoms with Gasteiger partial charge in [-0.05, 0) is 25.2 Å². The Morgan fingerprint density at radius 3 is 2.33 bits per heavy atom. The third-order valence-electron chi connectivity index (χ3n) is 2.84. The van der Waals surface area contributed by atoms with Crippen LogP contribution in [0.25, 0.3) is 0 Å². The molecular weight excluding hydrogens is 170 g/mol. The highest BCUT2D eigenvalue weighted by Crippen LogP contribution is 2.31. The zero-order valence-corrected chi connectivity index (χ0v) is 8.99. The second-order valence-corrected chi connectivity index (χ2v) is 7.14. The van der Waals surface area contributed by atoms with Crippen molar-refractivity contribution < 1.29 is 4.21 Å². The molecule has 1 N–H and O–H groups in total. The van der Waals surface area contributed by atoms with Crippen molar-refractivity contribution in [2.75, 3.05) is 0 Å². The van der Waals surface area contributed by atoms with Crippen LogP contribution in [0.3, 0.4) is 0 Å². The molecule has 0 radical (unpaired) electrons. The average molecular weight is 189 g/mol. The topological polar surface area (TPSA) is 40.9 Å². The van der Waals surface area contributed by atoms with Crippen molar-refractivity contribution in [3.63, 3.8) is 0 Å². The predicted molar refractivity (Wildman–Crippen MR) is 52.8 cm³/mol. The maximum Gasteiger partial charge on any atom is 0.0494 e. The predicted octanol–water partition coefficient (Wildman–Crippen LogP) is 2.63. The van der Waals surface area contributed by atoms with E-state index in [4.69, 9.17) is 4.78 Å². The molecule has 12 heavy (non-hydrogen) atoms. The van der Waals surface area contributed by atoms with E-state index in [1.54, 1.807) is 0 Å². The van der Waals surface area contributed by atoms with E-state index in [1.807, 2.05) is 13.8 Å². The number of hydrogen-bond acceptors (Lipinski definition) is 2. The van der Waals surface area contributed by atoms with Gasteiger partial charge in [0.1, 0.15) is 0 Å². The first-order chi connectivity index (χ1) is 5.44. The lowest BCUT2D eigenvalue weighted by Gasteiger charge is -2.17. The lowest BCUT2D eigenvalue weighted by molar-refractivity contribution is 0.606. The Hall–Kier alpha value is -0.0500. The van der Waals surface area contributed by atoms with Crippen molar-refractivity contribution in [1.29, 1.82) is 4.78 Å². The Bertz CT molecular complexity index is 243. The summed E-state index contributed by atoms with van der Waals surface area (Å²) in [6.07, 6.45) is 3.16. The largest absolute Gasteiger partial charge is 0.252 e. The third-order valence-corrected chi connectivity index (χ3v) is 5.66. The van der Waals surface area contributed by atoms with Gasteiger partial charge in [0.05, 0.1) is 0 Å². The molecular formula is C9H19NOS. The van der Waals surface area contributed by atoms with E-state index >= 15 is 0 Å². The summed E-state index contributed by atoms with van der Waals surface area (Å²) >= 11 is 0. The molecule has 0 saturated heterocycles. The van der Waals surface area contributed by atoms with Crippen molar-refractivity contribution in [2.24, 2.45) is 5.92 Å². The number of rotatable bonds is 2. The van der Waals surface area contributed by atoms with E-state index in [2.05, 4.69) is 6.92 Å². The molecule has 0 bridgehead atoms. The Morgan fingerprint density at radius 1 is 1.42 bits per heavy atom. The van der Waals surface area contributed by atoms with Gasteiger partial charge in [0.2, 0.25) is 0 Å². The van der Waals surface area contributed by atoms with Gasteiger partial charge in [0, 0.05) is 20.2 Å². The molecule has 1 aliphatic carbocycles. The van der Waals surface area contributed by atoms with Crippen molar-refractivity contribution in [2.45, 2.75) is 50.5 Å². The van der Waals surface area contributed by atoms with Crippen LogP contribution in [0.2, 0.25) is 0 Å². The van der Waals surface area contributed by atoms with Crippen LogP contribution in [0.15, 0.2) is 0 Å². The molecule has 0 aromatic carbocycles. The van der Waals surface area contributed by atoms with E-state index < -0.39 is 9.73 Å². The average Bonchev–Trinajstić information content (AvgIpc) is 2.35. The highest BCUT2D eigenvalue weighted by Gasteiger charge is 2.31. The molecule has 2 nitrogen and oxygen atoms in total. The van der Waals surface area contributed by atoms with Gasteiger partial charge in [-0.3, -0.25) is 4.78 Å². The first kappa shape index (κ1) is 10.0. The number of hydrogen-bond donors (Lipinski definition) is 1. The SMILES string of the molecule is CC1CCC(S(=N)(=O)C(C)C)C1. The molecule has 1 aliphatic rings. The molecule has 3 unspecified atom stereocenters. The minimum Gasteiger partial charge on any atom is -0.252 e. The molecule has 0 aromatic rings. The van der Waals surface area contributed by atoms with E-state index in [9.17, 15) is 4.21 Å². The van der Waals surface area contributed by atoms with Crippen LogP contribution in [0, 0.1) is 10.7 Å². The van der Waals surface area contributed by atoms with Crippen molar-refractivity contribution >= 4 is 9.73 Å². The van der Waals surface area contributed by atoms with Gasteiger partial charge in [0.15, 0.2) is 0 Å². The van der Waals surface area contributed by atoms with Crippen molar-refractivity contribution in [3.8, 4) is 0 Å². The Balaban J connectivity index is 2.71. The molecule has 0 amide bonds. The van der Waals surface area contributed by atoms with Crippen LogP contribution < -0.4 is 0 Å². The summed E-state index contributed by atoms with van der Waals surface area (Å²) in [4.78, 5) is 0. The molecule has 0 aliphatic heterocycles. The molecule has 3 atom stereocenters. The van der Waals surface area contributed by atoms with E-state index in [1.165, 1.54) is 0 Å². The van der Waals surface area contributed by atoms with Crippen LogP contribution in [0.4, 0.5) is 0 Å². The van der Waals surface area contributed by atoms with Crippen LogP contribution >= 0.6 is 0 Å². The highest BCUT2D eigenvalue weighted by molar-refractivity contribution is 7.93. The Kier molecular flexibility index (Phi) is 2.81. The van der Waals surface area contributed by atoms with E-state index in [0.717, 1.165) is 19.3 Å². The van der Waals surface area contributed by atoms with E-state index in [0.29, 0.717) is 5.92 Å². The fraction of sp³-hybridized carbons (Fsp3) is 1.00. The van der Waals surface area contributed by atoms with Crippen molar-refractivity contribution in [1.82, 2.24) is 0 Å². The monoisotopic (exact) mass is 189 g/mol. The third kappa shape index (κ3) is 1.82. The van der Waals surface area contributed by atoms with E-state index in [-0.39, 0.29) is 10.5 Å². The second kappa shape index (κ2) is 3.36. The van der Waals surface area contributed by atoms with Crippen molar-refractivity contribution in [3.05, 3.63) is 0 Å². The molecule has 3 heteroatoms. The van der Waals surface area contributed by atoms with Gasteiger partial charge >= 0.3 is 0 Å². The lowest BCUT2D eigenvalue weighted by atomic mass is 10.1. The lowest BCUT2D eigenvalue weighted by Crippen LogP contribution is -2.24. The van der Waals surface area contributed by atoms with Crippen LogP contribution in [-0.2, 0) is 9.73 Å². The standard InChI is InChI=1S/C9H19NOS/c1-7(2)12(10,11)9-5-4-8(3)6-9/h7-10H,4-6H2,1-3H3. The van der Waals surface area contributed by atoms with Crippen LogP contribution in [0.5, 0.6) is 0 Å². The van der Waals surface area contributed by atoms with Gasteiger partial charge in [-0.25, -0.2) is 4.21 Å². The Labute approximate surface area is 75.7 Å². The molecule has 1 rings (SSSR count). The van der Waals surface area contributed by atoms with Gasteiger partial charge in [0.25, 0.3) is 0 Å². The molecule has 0 spiro atoms. The summed E-state index contributed by atoms with van der Waals surface area (Å²) in [5.41, 5.74) is 0. The summed E-state index contributed by atoms with van der Waals surface area (Å²) in [6, 6.07) is 0. The summed E-state index contributed by atoms with van der Waals surface area (Å²) < 4.78 is 19.7. The minimum absolute atomic E-state index is 0.0211. The van der Waals surface area contributed by atoms with Gasteiger partial charge < -0.3 is 0 Å². The van der Waals surface area contributed by atoms with Crippen LogP contribution in [-0.4, -0.2) is 14.7 Å². The summed E-state index contributed by atoms with van der Waals surface area (Å²) in [6.45, 7) is 5.99. The Morgan fingerprint density at radius 2 is 2.00 bits per heavy atom. The molecule has 1 fully saturated rings. The smallest absolute Gasteiger partial charge is 0.0494 e. The summed E-state index contributed by atoms with van der Waals surface area (Å²) in [5.74, 6) is 0.680. The van der Waals surface area contributed by atoms with Gasteiger partial charge in [-0.1, -0.05) is 20.8 Å². The second-order valence-electron chi connectivity index (χ2n) is 4.24. The highest BCUT2D eigenvalue weighted by atomic mass is 32.2. The first-order valence-corrected chi connectivity index (χ1v) is 6.39.